The number of aryl methyl sites for hydroxylation is 2. The van der Waals surface area contributed by atoms with Crippen LogP contribution >= 0.6 is 23.1 Å². The lowest BCUT2D eigenvalue weighted by molar-refractivity contribution is -0.116. The Balaban J connectivity index is 1.49. The van der Waals surface area contributed by atoms with Crippen molar-refractivity contribution in [2.75, 3.05) is 23.5 Å². The second-order valence-electron chi connectivity index (χ2n) is 6.74. The Labute approximate surface area is 184 Å². The molecule has 8 heteroatoms. The van der Waals surface area contributed by atoms with Crippen LogP contribution in [0.25, 0.3) is 0 Å². The summed E-state index contributed by atoms with van der Waals surface area (Å²) >= 11 is 2.78. The molecule has 0 aliphatic carbocycles. The molecule has 0 aliphatic rings. The number of rotatable bonds is 8. The van der Waals surface area contributed by atoms with Gasteiger partial charge in [-0.3, -0.25) is 9.59 Å². The van der Waals surface area contributed by atoms with E-state index < -0.39 is 0 Å². The smallest absolute Gasteiger partial charge is 0.234 e. The molecule has 1 heterocycles. The third kappa shape index (κ3) is 6.33. The number of ether oxygens (including phenoxy) is 1. The van der Waals surface area contributed by atoms with Gasteiger partial charge >= 0.3 is 0 Å². The van der Waals surface area contributed by atoms with E-state index in [1.807, 2.05) is 61.7 Å². The minimum absolute atomic E-state index is 0.0928. The average Bonchev–Trinajstić information content (AvgIpc) is 3.16. The van der Waals surface area contributed by atoms with Gasteiger partial charge in [-0.05, 0) is 43.7 Å². The number of amides is 2. The van der Waals surface area contributed by atoms with Gasteiger partial charge in [-0.2, -0.15) is 0 Å². The molecule has 156 valence electrons. The summed E-state index contributed by atoms with van der Waals surface area (Å²) in [5, 5.41) is 7.56. The third-order valence-electron chi connectivity index (χ3n) is 4.17. The van der Waals surface area contributed by atoms with Gasteiger partial charge in [0.05, 0.1) is 30.7 Å². The fourth-order valence-corrected chi connectivity index (χ4v) is 4.30. The molecule has 0 unspecified atom stereocenters. The fourth-order valence-electron chi connectivity index (χ4n) is 2.66. The maximum atomic E-state index is 12.4. The van der Waals surface area contributed by atoms with E-state index in [1.54, 1.807) is 7.11 Å². The molecule has 6 nitrogen and oxygen atoms in total. The maximum absolute atomic E-state index is 12.4. The number of methoxy groups -OCH3 is 1. The van der Waals surface area contributed by atoms with Gasteiger partial charge in [0.25, 0.3) is 0 Å². The predicted octanol–water partition coefficient (Wildman–Crippen LogP) is 4.68. The first-order valence-electron chi connectivity index (χ1n) is 9.31. The van der Waals surface area contributed by atoms with Crippen LogP contribution in [0, 0.1) is 13.8 Å². The number of carbonyl (C=O) groups is 2. The number of nitrogens with zero attached hydrogens (tertiary/aromatic N) is 1. The molecule has 30 heavy (non-hydrogen) atoms. The molecule has 0 spiro atoms. The SMILES string of the molecule is COc1cc(C)ccc1NC(=O)Cc1csc(SCC(=O)Nc2ccc(C)cc2)n1. The average molecular weight is 442 g/mol. The zero-order chi connectivity index (χ0) is 21.5. The molecule has 0 fully saturated rings. The summed E-state index contributed by atoms with van der Waals surface area (Å²) in [7, 11) is 1.57. The highest BCUT2D eigenvalue weighted by molar-refractivity contribution is 8.01. The van der Waals surface area contributed by atoms with Crippen molar-refractivity contribution in [3.05, 3.63) is 64.7 Å². The van der Waals surface area contributed by atoms with Gasteiger partial charge in [-0.25, -0.2) is 4.98 Å². The molecular formula is C22H23N3O3S2. The van der Waals surface area contributed by atoms with Crippen LogP contribution in [0.1, 0.15) is 16.8 Å². The molecular weight excluding hydrogens is 418 g/mol. The minimum Gasteiger partial charge on any atom is -0.495 e. The van der Waals surface area contributed by atoms with Crippen molar-refractivity contribution in [3.8, 4) is 5.75 Å². The van der Waals surface area contributed by atoms with Gasteiger partial charge in [-0.1, -0.05) is 35.5 Å². The summed E-state index contributed by atoms with van der Waals surface area (Å²) in [6.07, 6.45) is 0.156. The molecule has 0 radical (unpaired) electrons. The summed E-state index contributed by atoms with van der Waals surface area (Å²) in [4.78, 5) is 28.9. The number of carbonyl (C=O) groups excluding carboxylic acids is 2. The van der Waals surface area contributed by atoms with E-state index in [2.05, 4.69) is 15.6 Å². The molecule has 3 rings (SSSR count). The molecule has 0 atom stereocenters. The first-order chi connectivity index (χ1) is 14.4. The van der Waals surface area contributed by atoms with Crippen molar-refractivity contribution in [2.45, 2.75) is 24.6 Å². The Kier molecular flexibility index (Phi) is 7.48. The summed E-state index contributed by atoms with van der Waals surface area (Å²) in [6, 6.07) is 13.3. The number of hydrogen-bond donors (Lipinski definition) is 2. The summed E-state index contributed by atoms with van der Waals surface area (Å²) in [5.41, 5.74) is 4.27. The number of hydrogen-bond acceptors (Lipinski definition) is 6. The zero-order valence-electron chi connectivity index (χ0n) is 17.0. The highest BCUT2D eigenvalue weighted by Gasteiger charge is 2.12. The monoisotopic (exact) mass is 441 g/mol. The molecule has 3 aromatic rings. The molecule has 0 saturated carbocycles. The number of anilines is 2. The van der Waals surface area contributed by atoms with E-state index in [9.17, 15) is 9.59 Å². The topological polar surface area (TPSA) is 80.3 Å². The Morgan fingerprint density at radius 3 is 2.50 bits per heavy atom. The van der Waals surface area contributed by atoms with Crippen LogP contribution in [0.5, 0.6) is 5.75 Å². The lowest BCUT2D eigenvalue weighted by Crippen LogP contribution is -2.15. The molecule has 0 aliphatic heterocycles. The van der Waals surface area contributed by atoms with Crippen LogP contribution < -0.4 is 15.4 Å². The quantitative estimate of drug-likeness (QED) is 0.496. The summed E-state index contributed by atoms with van der Waals surface area (Å²) < 4.78 is 6.07. The third-order valence-corrected chi connectivity index (χ3v) is 6.24. The van der Waals surface area contributed by atoms with E-state index in [1.165, 1.54) is 23.1 Å². The Morgan fingerprint density at radius 2 is 1.77 bits per heavy atom. The first-order valence-corrected chi connectivity index (χ1v) is 11.2. The van der Waals surface area contributed by atoms with E-state index in [4.69, 9.17) is 4.74 Å². The second kappa shape index (κ2) is 10.3. The van der Waals surface area contributed by atoms with Gasteiger partial charge in [0.2, 0.25) is 11.8 Å². The van der Waals surface area contributed by atoms with E-state index in [0.717, 1.165) is 21.2 Å². The van der Waals surface area contributed by atoms with E-state index in [-0.39, 0.29) is 24.0 Å². The normalized spacial score (nSPS) is 10.5. The van der Waals surface area contributed by atoms with Crippen LogP contribution in [0.15, 0.2) is 52.2 Å². The Morgan fingerprint density at radius 1 is 1.03 bits per heavy atom. The van der Waals surface area contributed by atoms with Gasteiger partial charge in [-0.15, -0.1) is 11.3 Å². The summed E-state index contributed by atoms with van der Waals surface area (Å²) in [5.74, 6) is 0.617. The van der Waals surface area contributed by atoms with Crippen LogP contribution in [-0.4, -0.2) is 29.7 Å². The molecule has 1 aromatic heterocycles. The number of thiazole rings is 1. The largest absolute Gasteiger partial charge is 0.495 e. The van der Waals surface area contributed by atoms with Crippen molar-refractivity contribution >= 4 is 46.3 Å². The van der Waals surface area contributed by atoms with Crippen LogP contribution in [0.4, 0.5) is 11.4 Å². The lowest BCUT2D eigenvalue weighted by atomic mass is 10.2. The predicted molar refractivity (Wildman–Crippen MR) is 123 cm³/mol. The molecule has 2 amide bonds. The molecule has 0 saturated heterocycles. The Bertz CT molecular complexity index is 1030. The van der Waals surface area contributed by atoms with Crippen LogP contribution in [0.2, 0.25) is 0 Å². The lowest BCUT2D eigenvalue weighted by Gasteiger charge is -2.10. The highest BCUT2D eigenvalue weighted by atomic mass is 32.2. The highest BCUT2D eigenvalue weighted by Crippen LogP contribution is 2.26. The van der Waals surface area contributed by atoms with Gasteiger partial charge in [0, 0.05) is 11.1 Å². The van der Waals surface area contributed by atoms with Crippen LogP contribution in [-0.2, 0) is 16.0 Å². The molecule has 2 N–H and O–H groups in total. The van der Waals surface area contributed by atoms with Crippen molar-refractivity contribution in [2.24, 2.45) is 0 Å². The molecule has 2 aromatic carbocycles. The van der Waals surface area contributed by atoms with E-state index in [0.29, 0.717) is 17.1 Å². The first kappa shape index (κ1) is 21.9. The van der Waals surface area contributed by atoms with Crippen molar-refractivity contribution in [1.82, 2.24) is 4.98 Å². The number of aromatic nitrogens is 1. The Hall–Kier alpha value is -2.84. The summed E-state index contributed by atoms with van der Waals surface area (Å²) in [6.45, 7) is 3.96. The van der Waals surface area contributed by atoms with Gasteiger partial charge < -0.3 is 15.4 Å². The van der Waals surface area contributed by atoms with Crippen LogP contribution in [0.3, 0.4) is 0 Å². The number of benzene rings is 2. The van der Waals surface area contributed by atoms with Crippen molar-refractivity contribution in [1.29, 1.82) is 0 Å². The standard InChI is InChI=1S/C22H23N3O3S2/c1-14-4-7-16(8-5-14)23-21(27)13-30-22-24-17(12-29-22)11-20(26)25-18-9-6-15(2)10-19(18)28-3/h4-10,12H,11,13H2,1-3H3,(H,23,27)(H,25,26). The van der Waals surface area contributed by atoms with Gasteiger partial charge in [0.15, 0.2) is 4.34 Å². The molecule has 0 bridgehead atoms. The number of nitrogens with one attached hydrogen (secondary N) is 2. The van der Waals surface area contributed by atoms with E-state index >= 15 is 0 Å². The van der Waals surface area contributed by atoms with Crippen molar-refractivity contribution in [3.63, 3.8) is 0 Å². The van der Waals surface area contributed by atoms with Gasteiger partial charge in [0.1, 0.15) is 5.75 Å². The van der Waals surface area contributed by atoms with Crippen molar-refractivity contribution < 1.29 is 14.3 Å². The fraction of sp³-hybridized carbons (Fsp3) is 0.227. The second-order valence-corrected chi connectivity index (χ2v) is 8.82. The maximum Gasteiger partial charge on any atom is 0.234 e. The number of thioether (sulfide) groups is 1. The zero-order valence-corrected chi connectivity index (χ0v) is 18.7. The minimum atomic E-state index is -0.170.